The van der Waals surface area contributed by atoms with Crippen molar-refractivity contribution in [2.75, 3.05) is 0 Å². The zero-order valence-electron chi connectivity index (χ0n) is 20.9. The molecule has 0 amide bonds. The topological polar surface area (TPSA) is 60.4 Å². The molecule has 6 nitrogen and oxygen atoms in total. The second-order valence-electron chi connectivity index (χ2n) is 8.23. The van der Waals surface area contributed by atoms with E-state index in [0.717, 1.165) is 58.7 Å². The zero-order valence-corrected chi connectivity index (χ0v) is 20.9. The number of pyridine rings is 4. The van der Waals surface area contributed by atoms with Gasteiger partial charge in [-0.05, 0) is 74.7 Å². The van der Waals surface area contributed by atoms with Gasteiger partial charge < -0.3 is 8.80 Å². The predicted molar refractivity (Wildman–Crippen MR) is 143 cm³/mol. The van der Waals surface area contributed by atoms with Crippen molar-refractivity contribution in [3.8, 4) is 0 Å². The second-order valence-corrected chi connectivity index (χ2v) is 8.23. The van der Waals surface area contributed by atoms with Crippen LogP contribution in [-0.2, 0) is 19.3 Å². The lowest BCUT2D eigenvalue weighted by Crippen LogP contribution is -1.88. The highest BCUT2D eigenvalue weighted by Crippen LogP contribution is 2.09. The Kier molecular flexibility index (Phi) is 7.83. The summed E-state index contributed by atoms with van der Waals surface area (Å²) in [5.41, 5.74) is 8.69. The minimum atomic E-state index is 0.967. The minimum Gasteiger partial charge on any atom is -0.307 e. The van der Waals surface area contributed by atoms with Gasteiger partial charge >= 0.3 is 0 Å². The number of imidazole rings is 2. The van der Waals surface area contributed by atoms with E-state index in [1.165, 1.54) is 5.69 Å². The molecular formula is C29H32N6. The molecule has 6 heteroatoms. The molecule has 0 unspecified atom stereocenters. The van der Waals surface area contributed by atoms with E-state index in [2.05, 4.69) is 70.5 Å². The molecule has 35 heavy (non-hydrogen) atoms. The van der Waals surface area contributed by atoms with Crippen molar-refractivity contribution in [1.29, 1.82) is 0 Å². The fourth-order valence-electron chi connectivity index (χ4n) is 3.72. The number of aryl methyl sites for hydroxylation is 4. The molecule has 0 aliphatic rings. The standard InChI is InChI=1S/C10H12N2.C10H10N2.C9H10N2/c1-3-9-7-12-8(2)5-4-6-10(12)11-9;1-2-8-5-6-9-10(12-8)4-3-7-11-9;1-2-8-7-11-6-4-3-5-9(11)10-8/h4-7H,3H2,1-2H3;3-7H,2H2,1H3;3-7H,2H2,1H3. The van der Waals surface area contributed by atoms with Crippen LogP contribution in [0.15, 0.2) is 85.5 Å². The highest BCUT2D eigenvalue weighted by Gasteiger charge is 2.00. The first-order valence-corrected chi connectivity index (χ1v) is 12.2. The summed E-state index contributed by atoms with van der Waals surface area (Å²) in [5, 5.41) is 0. The Bertz CT molecular complexity index is 1500. The number of aromatic nitrogens is 6. The van der Waals surface area contributed by atoms with E-state index >= 15 is 0 Å². The van der Waals surface area contributed by atoms with Crippen molar-refractivity contribution < 1.29 is 0 Å². The second kappa shape index (κ2) is 11.4. The van der Waals surface area contributed by atoms with E-state index in [1.54, 1.807) is 6.20 Å². The number of nitrogens with zero attached hydrogens (tertiary/aromatic N) is 6. The monoisotopic (exact) mass is 464 g/mol. The van der Waals surface area contributed by atoms with Gasteiger partial charge in [0.25, 0.3) is 0 Å². The van der Waals surface area contributed by atoms with Gasteiger partial charge in [0, 0.05) is 36.2 Å². The van der Waals surface area contributed by atoms with Gasteiger partial charge in [-0.25, -0.2) is 9.97 Å². The van der Waals surface area contributed by atoms with Crippen molar-refractivity contribution >= 4 is 22.3 Å². The SMILES string of the molecule is CCc1ccc2ncccc2n1.CCc1cn2c(C)cccc2n1.CCc1cn2ccccc2n1. The molecule has 0 saturated carbocycles. The maximum atomic E-state index is 4.46. The first-order chi connectivity index (χ1) is 17.1. The summed E-state index contributed by atoms with van der Waals surface area (Å²) in [4.78, 5) is 17.5. The average molecular weight is 465 g/mol. The van der Waals surface area contributed by atoms with Crippen LogP contribution in [0.3, 0.4) is 0 Å². The molecule has 0 atom stereocenters. The third-order valence-corrected chi connectivity index (χ3v) is 5.76. The van der Waals surface area contributed by atoms with Crippen LogP contribution in [0.25, 0.3) is 22.3 Å². The molecule has 0 aromatic carbocycles. The molecule has 0 spiro atoms. The van der Waals surface area contributed by atoms with Crippen molar-refractivity contribution in [3.63, 3.8) is 0 Å². The van der Waals surface area contributed by atoms with E-state index < -0.39 is 0 Å². The lowest BCUT2D eigenvalue weighted by Gasteiger charge is -1.97. The van der Waals surface area contributed by atoms with Crippen molar-refractivity contribution in [1.82, 2.24) is 28.7 Å². The zero-order chi connectivity index (χ0) is 24.6. The highest BCUT2D eigenvalue weighted by molar-refractivity contribution is 5.73. The van der Waals surface area contributed by atoms with Crippen molar-refractivity contribution in [2.45, 2.75) is 47.0 Å². The molecule has 0 saturated heterocycles. The fraction of sp³-hybridized carbons (Fsp3) is 0.241. The third kappa shape index (κ3) is 5.90. The van der Waals surface area contributed by atoms with Gasteiger partial charge in [0.1, 0.15) is 11.3 Å². The van der Waals surface area contributed by atoms with Gasteiger partial charge in [-0.1, -0.05) is 32.9 Å². The van der Waals surface area contributed by atoms with E-state index in [-0.39, 0.29) is 0 Å². The van der Waals surface area contributed by atoms with Crippen molar-refractivity contribution in [2.24, 2.45) is 0 Å². The Morgan fingerprint density at radius 2 is 1.37 bits per heavy atom. The van der Waals surface area contributed by atoms with Crippen LogP contribution in [0.2, 0.25) is 0 Å². The van der Waals surface area contributed by atoms with Crippen LogP contribution in [-0.4, -0.2) is 28.7 Å². The van der Waals surface area contributed by atoms with E-state index in [1.807, 2.05) is 65.2 Å². The molecule has 178 valence electrons. The number of hydrogen-bond donors (Lipinski definition) is 0. The van der Waals surface area contributed by atoms with Gasteiger partial charge in [-0.2, -0.15) is 0 Å². The molecule has 0 aliphatic carbocycles. The lowest BCUT2D eigenvalue weighted by molar-refractivity contribution is 1.05. The summed E-state index contributed by atoms with van der Waals surface area (Å²) in [6, 6.07) is 20.1. The number of rotatable bonds is 3. The molecule has 0 aliphatic heterocycles. The Morgan fingerprint density at radius 1 is 0.629 bits per heavy atom. The smallest absolute Gasteiger partial charge is 0.137 e. The summed E-state index contributed by atoms with van der Waals surface area (Å²) in [6.07, 6.45) is 10.9. The summed E-state index contributed by atoms with van der Waals surface area (Å²) >= 11 is 0. The fourth-order valence-corrected chi connectivity index (χ4v) is 3.72. The molecule has 6 aromatic heterocycles. The Balaban J connectivity index is 0.000000124. The number of hydrogen-bond acceptors (Lipinski definition) is 4. The van der Waals surface area contributed by atoms with Crippen LogP contribution in [0.5, 0.6) is 0 Å². The molecule has 0 fully saturated rings. The van der Waals surface area contributed by atoms with Gasteiger partial charge in [-0.3, -0.25) is 9.97 Å². The van der Waals surface area contributed by atoms with Gasteiger partial charge in [-0.15, -0.1) is 0 Å². The maximum Gasteiger partial charge on any atom is 0.137 e. The molecule has 0 N–H and O–H groups in total. The Hall–Kier alpha value is -4.06. The van der Waals surface area contributed by atoms with Crippen LogP contribution in [0.1, 0.15) is 43.5 Å². The molecule has 0 radical (unpaired) electrons. The Morgan fingerprint density at radius 3 is 2.11 bits per heavy atom. The average Bonchev–Trinajstić information content (AvgIpc) is 3.54. The molecule has 6 heterocycles. The van der Waals surface area contributed by atoms with E-state index in [4.69, 9.17) is 0 Å². The first-order valence-electron chi connectivity index (χ1n) is 12.2. The highest BCUT2D eigenvalue weighted by atomic mass is 15.0. The largest absolute Gasteiger partial charge is 0.307 e. The molecule has 6 aromatic rings. The summed E-state index contributed by atoms with van der Waals surface area (Å²) in [7, 11) is 0. The van der Waals surface area contributed by atoms with Gasteiger partial charge in [0.05, 0.1) is 22.4 Å². The van der Waals surface area contributed by atoms with Crippen LogP contribution < -0.4 is 0 Å². The van der Waals surface area contributed by atoms with Crippen LogP contribution in [0.4, 0.5) is 0 Å². The third-order valence-electron chi connectivity index (χ3n) is 5.76. The summed E-state index contributed by atoms with van der Waals surface area (Å²) in [6.45, 7) is 8.43. The molecule has 6 rings (SSSR count). The van der Waals surface area contributed by atoms with Crippen LogP contribution in [0, 0.1) is 6.92 Å². The van der Waals surface area contributed by atoms with Gasteiger partial charge in [0.2, 0.25) is 0 Å². The summed E-state index contributed by atoms with van der Waals surface area (Å²) < 4.78 is 4.16. The minimum absolute atomic E-state index is 0.967. The molecular weight excluding hydrogens is 432 g/mol. The Labute approximate surface area is 206 Å². The van der Waals surface area contributed by atoms with Crippen molar-refractivity contribution in [3.05, 3.63) is 108 Å². The predicted octanol–water partition coefficient (Wildman–Crippen LogP) is 6.29. The maximum absolute atomic E-state index is 4.46. The first kappa shape index (κ1) is 24.1. The summed E-state index contributed by atoms with van der Waals surface area (Å²) in [5.74, 6) is 0. The normalized spacial score (nSPS) is 10.6. The number of fused-ring (bicyclic) bond motifs is 3. The van der Waals surface area contributed by atoms with E-state index in [0.29, 0.717) is 0 Å². The quantitative estimate of drug-likeness (QED) is 0.309. The van der Waals surface area contributed by atoms with Crippen LogP contribution >= 0.6 is 0 Å². The molecule has 0 bridgehead atoms. The van der Waals surface area contributed by atoms with Gasteiger partial charge in [0.15, 0.2) is 0 Å². The lowest BCUT2D eigenvalue weighted by atomic mass is 10.2. The van der Waals surface area contributed by atoms with E-state index in [9.17, 15) is 0 Å².